The number of nitrogens with zero attached hydrogens (tertiary/aromatic N) is 5. The van der Waals surface area contributed by atoms with Crippen LogP contribution in [0.2, 0.25) is 0 Å². The molecule has 40 heavy (non-hydrogen) atoms. The number of piperidine rings is 1. The summed E-state index contributed by atoms with van der Waals surface area (Å²) in [5.74, 6) is 0.901. The van der Waals surface area contributed by atoms with Crippen LogP contribution in [0.15, 0.2) is 42.7 Å². The van der Waals surface area contributed by atoms with Crippen LogP contribution in [0.25, 0.3) is 0 Å². The van der Waals surface area contributed by atoms with Gasteiger partial charge in [0.25, 0.3) is 5.91 Å². The Labute approximate surface area is 231 Å². The molecule has 1 aromatic heterocycles. The van der Waals surface area contributed by atoms with Crippen molar-refractivity contribution in [1.29, 1.82) is 0 Å². The van der Waals surface area contributed by atoms with Gasteiger partial charge in [-0.05, 0) is 73.2 Å². The van der Waals surface area contributed by atoms with E-state index in [-0.39, 0.29) is 29.1 Å². The molecular weight excluding hydrogens is 519 g/mol. The number of carbonyl (C=O) groups is 1. The van der Waals surface area contributed by atoms with Crippen LogP contribution < -0.4 is 4.90 Å². The lowest BCUT2D eigenvalue weighted by molar-refractivity contribution is -0.138. The molecule has 10 heteroatoms. The van der Waals surface area contributed by atoms with Crippen LogP contribution >= 0.6 is 0 Å². The molecule has 3 aliphatic rings. The molecule has 2 atom stereocenters. The average Bonchev–Trinajstić information content (AvgIpc) is 3.45. The molecule has 0 N–H and O–H groups in total. The summed E-state index contributed by atoms with van der Waals surface area (Å²) in [5.41, 5.74) is 1.23. The van der Waals surface area contributed by atoms with Crippen molar-refractivity contribution >= 4 is 11.6 Å². The van der Waals surface area contributed by atoms with Crippen LogP contribution in [-0.4, -0.2) is 51.4 Å². The zero-order valence-electron chi connectivity index (χ0n) is 23.0. The first-order valence-electron chi connectivity index (χ1n) is 13.9. The number of amides is 1. The van der Waals surface area contributed by atoms with Gasteiger partial charge < -0.3 is 14.2 Å². The van der Waals surface area contributed by atoms with E-state index in [0.29, 0.717) is 43.3 Å². The normalized spacial score (nSPS) is 22.9. The fourth-order valence-electron chi connectivity index (χ4n) is 6.39. The van der Waals surface area contributed by atoms with Crippen LogP contribution in [0.5, 0.6) is 0 Å². The molecule has 0 spiro atoms. The largest absolute Gasteiger partial charge is 0.416 e. The Hall–Kier alpha value is -3.24. The van der Waals surface area contributed by atoms with Crippen molar-refractivity contribution in [3.05, 3.63) is 76.4 Å². The molecule has 212 valence electrons. The molecule has 0 bridgehead atoms. The molecule has 4 heterocycles. The van der Waals surface area contributed by atoms with Crippen molar-refractivity contribution in [2.75, 3.05) is 24.7 Å². The smallest absolute Gasteiger partial charge is 0.379 e. The number of aryl methyl sites for hydroxylation is 1. The van der Waals surface area contributed by atoms with Gasteiger partial charge in [0.1, 0.15) is 12.2 Å². The number of ether oxygens (including phenoxy) is 1. The lowest BCUT2D eigenvalue weighted by Crippen LogP contribution is -2.49. The summed E-state index contributed by atoms with van der Waals surface area (Å²) < 4.78 is 50.4. The molecular formula is C30H34F3N5O2. The topological polar surface area (TPSA) is 63.5 Å². The minimum atomic E-state index is -4.55. The molecule has 2 saturated heterocycles. The average molecular weight is 554 g/mol. The number of rotatable bonds is 6. The van der Waals surface area contributed by atoms with E-state index in [0.717, 1.165) is 30.8 Å². The predicted octanol–water partition coefficient (Wildman–Crippen LogP) is 5.13. The summed E-state index contributed by atoms with van der Waals surface area (Å²) in [4.78, 5) is 17.4. The number of anilines is 1. The number of aromatic nitrogens is 3. The molecule has 1 amide bonds. The summed E-state index contributed by atoms with van der Waals surface area (Å²) in [5, 5.41) is 8.20. The standard InChI is InChI=1S/C30H34F3N5O2/c1-19-6-5-9-37(20(19)2)14-21-10-24-25(26(11-21)30(31,32)33)15-38(28(24)39)23-8-4-7-22(12-23)29(16-40-17-29)13-27-35-34-18-36(27)3/h4,7-8,10-12,18-20H,5-6,9,13-17H2,1-3H3/t19-,20-/m1/s1. The molecule has 0 saturated carbocycles. The molecule has 2 fully saturated rings. The Balaban J connectivity index is 1.31. The van der Waals surface area contributed by atoms with E-state index < -0.39 is 17.6 Å². The molecule has 0 radical (unpaired) electrons. The van der Waals surface area contributed by atoms with Gasteiger partial charge >= 0.3 is 6.18 Å². The molecule has 6 rings (SSSR count). The predicted molar refractivity (Wildman–Crippen MR) is 144 cm³/mol. The lowest BCUT2D eigenvalue weighted by Gasteiger charge is -2.42. The van der Waals surface area contributed by atoms with Crippen LogP contribution in [0.4, 0.5) is 18.9 Å². The van der Waals surface area contributed by atoms with Gasteiger partial charge in [-0.3, -0.25) is 9.69 Å². The molecule has 0 unspecified atom stereocenters. The van der Waals surface area contributed by atoms with Crippen LogP contribution in [0.3, 0.4) is 0 Å². The number of hydrogen-bond donors (Lipinski definition) is 0. The minimum absolute atomic E-state index is 0.0486. The Bertz CT molecular complexity index is 1430. The van der Waals surface area contributed by atoms with E-state index in [2.05, 4.69) is 28.9 Å². The number of likely N-dealkylation sites (tertiary alicyclic amines) is 1. The maximum atomic E-state index is 14.3. The van der Waals surface area contributed by atoms with Crippen LogP contribution in [0, 0.1) is 5.92 Å². The second kappa shape index (κ2) is 9.99. The fourth-order valence-corrected chi connectivity index (χ4v) is 6.39. The highest BCUT2D eigenvalue weighted by Crippen LogP contribution is 2.42. The summed E-state index contributed by atoms with van der Waals surface area (Å²) in [6.45, 7) is 6.43. The van der Waals surface area contributed by atoms with E-state index >= 15 is 0 Å². The highest BCUT2D eigenvalue weighted by molar-refractivity contribution is 6.10. The Morgan fingerprint density at radius 3 is 2.62 bits per heavy atom. The van der Waals surface area contributed by atoms with Crippen molar-refractivity contribution < 1.29 is 22.7 Å². The molecule has 7 nitrogen and oxygen atoms in total. The van der Waals surface area contributed by atoms with Crippen LogP contribution in [-0.2, 0) is 42.9 Å². The molecule has 3 aliphatic heterocycles. The van der Waals surface area contributed by atoms with Gasteiger partial charge in [0.2, 0.25) is 0 Å². The van der Waals surface area contributed by atoms with Crippen molar-refractivity contribution in [3.63, 3.8) is 0 Å². The van der Waals surface area contributed by atoms with Gasteiger partial charge in [0.15, 0.2) is 0 Å². The minimum Gasteiger partial charge on any atom is -0.379 e. The summed E-state index contributed by atoms with van der Waals surface area (Å²) in [6, 6.07) is 10.7. The third kappa shape index (κ3) is 4.71. The third-order valence-electron chi connectivity index (χ3n) is 9.13. The Morgan fingerprint density at radius 1 is 1.15 bits per heavy atom. The zero-order valence-corrected chi connectivity index (χ0v) is 23.0. The zero-order chi connectivity index (χ0) is 28.2. The number of carbonyl (C=O) groups excluding carboxylic acids is 1. The SMILES string of the molecule is C[C@@H]1CCCN(Cc2cc3c(c(C(F)(F)F)c2)CN(c2cccc(C4(Cc5nncn5C)COC4)c2)C3=O)[C@@H]1C. The first-order chi connectivity index (χ1) is 19.1. The van der Waals surface area contributed by atoms with E-state index in [1.165, 1.54) is 11.0 Å². The Morgan fingerprint density at radius 2 is 1.95 bits per heavy atom. The summed E-state index contributed by atoms with van der Waals surface area (Å²) in [7, 11) is 1.89. The maximum absolute atomic E-state index is 14.3. The third-order valence-corrected chi connectivity index (χ3v) is 9.13. The monoisotopic (exact) mass is 553 g/mol. The lowest BCUT2D eigenvalue weighted by atomic mass is 9.75. The van der Waals surface area contributed by atoms with Crippen molar-refractivity contribution in [1.82, 2.24) is 19.7 Å². The summed E-state index contributed by atoms with van der Waals surface area (Å²) in [6.07, 6.45) is -0.153. The van der Waals surface area contributed by atoms with Gasteiger partial charge in [0, 0.05) is 42.7 Å². The molecule has 3 aromatic rings. The fraction of sp³-hybridized carbons (Fsp3) is 0.500. The van der Waals surface area contributed by atoms with Crippen molar-refractivity contribution in [2.45, 2.75) is 63.8 Å². The Kier molecular flexibility index (Phi) is 6.73. The van der Waals surface area contributed by atoms with Gasteiger partial charge in [-0.1, -0.05) is 19.1 Å². The van der Waals surface area contributed by atoms with Crippen LogP contribution in [0.1, 0.15) is 65.1 Å². The highest BCUT2D eigenvalue weighted by Gasteiger charge is 2.44. The first-order valence-corrected chi connectivity index (χ1v) is 13.9. The second-order valence-electron chi connectivity index (χ2n) is 11.7. The molecule has 2 aromatic carbocycles. The number of fused-ring (bicyclic) bond motifs is 1. The number of halogens is 3. The van der Waals surface area contributed by atoms with E-state index in [1.807, 2.05) is 29.8 Å². The summed E-state index contributed by atoms with van der Waals surface area (Å²) >= 11 is 0. The van der Waals surface area contributed by atoms with E-state index in [4.69, 9.17) is 4.74 Å². The van der Waals surface area contributed by atoms with E-state index in [9.17, 15) is 18.0 Å². The van der Waals surface area contributed by atoms with Gasteiger partial charge in [-0.25, -0.2) is 0 Å². The molecule has 0 aliphatic carbocycles. The van der Waals surface area contributed by atoms with Gasteiger partial charge in [-0.15, -0.1) is 10.2 Å². The number of benzene rings is 2. The first kappa shape index (κ1) is 27.0. The van der Waals surface area contributed by atoms with E-state index in [1.54, 1.807) is 18.5 Å². The second-order valence-corrected chi connectivity index (χ2v) is 11.7. The quantitative estimate of drug-likeness (QED) is 0.424. The number of hydrogen-bond acceptors (Lipinski definition) is 5. The van der Waals surface area contributed by atoms with Gasteiger partial charge in [-0.2, -0.15) is 13.2 Å². The maximum Gasteiger partial charge on any atom is 0.416 e. The van der Waals surface area contributed by atoms with Crippen molar-refractivity contribution in [3.8, 4) is 0 Å². The van der Waals surface area contributed by atoms with Crippen molar-refractivity contribution in [2.24, 2.45) is 13.0 Å². The van der Waals surface area contributed by atoms with Gasteiger partial charge in [0.05, 0.1) is 25.3 Å². The highest BCUT2D eigenvalue weighted by atomic mass is 19.4. The number of alkyl halides is 3.